The van der Waals surface area contributed by atoms with Crippen molar-refractivity contribution in [2.75, 3.05) is 44.7 Å². The van der Waals surface area contributed by atoms with E-state index in [1.807, 2.05) is 0 Å². The summed E-state index contributed by atoms with van der Waals surface area (Å²) in [6, 6.07) is 17.5. The highest BCUT2D eigenvalue weighted by Crippen LogP contribution is 2.42. The standard InChI is InChI=1S/C25H29N3O.ClH/c1-3-27-13-15-28(16-14-27)25-19-8-5-4-7-18(19)17-23(26-25)21-11-12-22-20(21)9-6-10-24(22)29-2;/h4-10,17,21H,3,11-16H2,1-2H3;1H. The molecule has 1 unspecified atom stereocenters. The molecule has 0 bridgehead atoms. The van der Waals surface area contributed by atoms with E-state index in [4.69, 9.17) is 9.72 Å². The van der Waals surface area contributed by atoms with Crippen molar-refractivity contribution in [3.8, 4) is 5.75 Å². The number of fused-ring (bicyclic) bond motifs is 2. The number of rotatable bonds is 4. The highest BCUT2D eigenvalue weighted by molar-refractivity contribution is 5.93. The van der Waals surface area contributed by atoms with E-state index >= 15 is 0 Å². The van der Waals surface area contributed by atoms with E-state index < -0.39 is 0 Å². The normalized spacial score (nSPS) is 18.9. The summed E-state index contributed by atoms with van der Waals surface area (Å²) in [4.78, 5) is 10.3. The van der Waals surface area contributed by atoms with Gasteiger partial charge in [0.05, 0.1) is 12.8 Å². The maximum absolute atomic E-state index is 5.62. The number of pyridine rings is 1. The van der Waals surface area contributed by atoms with Crippen molar-refractivity contribution >= 4 is 29.0 Å². The Morgan fingerprint density at radius 1 is 1.03 bits per heavy atom. The van der Waals surface area contributed by atoms with Crippen molar-refractivity contribution < 1.29 is 4.74 Å². The molecule has 0 amide bonds. The first-order chi connectivity index (χ1) is 14.3. The summed E-state index contributed by atoms with van der Waals surface area (Å²) in [5.74, 6) is 2.52. The summed E-state index contributed by atoms with van der Waals surface area (Å²) < 4.78 is 5.62. The van der Waals surface area contributed by atoms with Crippen molar-refractivity contribution in [1.82, 2.24) is 9.88 Å². The van der Waals surface area contributed by atoms with Gasteiger partial charge in [0.2, 0.25) is 0 Å². The summed E-state index contributed by atoms with van der Waals surface area (Å²) in [6.07, 6.45) is 2.16. The molecule has 1 aliphatic heterocycles. The fourth-order valence-corrected chi connectivity index (χ4v) is 5.02. The van der Waals surface area contributed by atoms with Crippen molar-refractivity contribution in [2.45, 2.75) is 25.7 Å². The number of halogens is 1. The zero-order valence-electron chi connectivity index (χ0n) is 17.8. The topological polar surface area (TPSA) is 28.6 Å². The summed E-state index contributed by atoms with van der Waals surface area (Å²) in [5.41, 5.74) is 3.94. The number of ether oxygens (including phenoxy) is 1. The number of aromatic nitrogens is 1. The molecule has 3 aromatic rings. The van der Waals surface area contributed by atoms with E-state index in [0.29, 0.717) is 5.92 Å². The second-order valence-electron chi connectivity index (χ2n) is 8.13. The average Bonchev–Trinajstić information content (AvgIpc) is 3.23. The van der Waals surface area contributed by atoms with Gasteiger partial charge in [-0.15, -0.1) is 12.4 Å². The number of methoxy groups -OCH3 is 1. The number of anilines is 1. The summed E-state index contributed by atoms with van der Waals surface area (Å²) >= 11 is 0. The van der Waals surface area contributed by atoms with Gasteiger partial charge in [0.25, 0.3) is 0 Å². The van der Waals surface area contributed by atoms with E-state index in [2.05, 4.69) is 65.3 Å². The number of piperazine rings is 1. The molecule has 2 heterocycles. The zero-order chi connectivity index (χ0) is 19.8. The number of benzene rings is 2. The Hall–Kier alpha value is -2.30. The Bertz CT molecular complexity index is 1030. The van der Waals surface area contributed by atoms with E-state index in [-0.39, 0.29) is 12.4 Å². The third-order valence-corrected chi connectivity index (χ3v) is 6.66. The molecule has 2 aromatic carbocycles. The molecule has 5 rings (SSSR count). The van der Waals surface area contributed by atoms with Crippen LogP contribution in [0.1, 0.15) is 36.1 Å². The minimum absolute atomic E-state index is 0. The smallest absolute Gasteiger partial charge is 0.136 e. The fourth-order valence-electron chi connectivity index (χ4n) is 5.02. The van der Waals surface area contributed by atoms with Crippen LogP contribution in [-0.4, -0.2) is 49.7 Å². The Morgan fingerprint density at radius 2 is 1.83 bits per heavy atom. The van der Waals surface area contributed by atoms with Gasteiger partial charge in [-0.2, -0.15) is 0 Å². The lowest BCUT2D eigenvalue weighted by Gasteiger charge is -2.35. The molecule has 0 radical (unpaired) electrons. The third kappa shape index (κ3) is 3.63. The molecule has 1 fully saturated rings. The van der Waals surface area contributed by atoms with E-state index in [0.717, 1.165) is 57.1 Å². The maximum atomic E-state index is 5.62. The Balaban J connectivity index is 0.00000218. The van der Waals surface area contributed by atoms with E-state index in [1.165, 1.54) is 27.6 Å². The van der Waals surface area contributed by atoms with E-state index in [1.54, 1.807) is 7.11 Å². The van der Waals surface area contributed by atoms with Gasteiger partial charge >= 0.3 is 0 Å². The van der Waals surface area contributed by atoms with Gasteiger partial charge in [-0.1, -0.05) is 43.3 Å². The highest BCUT2D eigenvalue weighted by Gasteiger charge is 2.29. The Morgan fingerprint density at radius 3 is 2.60 bits per heavy atom. The summed E-state index contributed by atoms with van der Waals surface area (Å²) in [5, 5.41) is 2.56. The van der Waals surface area contributed by atoms with E-state index in [9.17, 15) is 0 Å². The van der Waals surface area contributed by atoms with Gasteiger partial charge in [-0.25, -0.2) is 4.98 Å². The molecule has 1 saturated heterocycles. The van der Waals surface area contributed by atoms with Crippen LogP contribution >= 0.6 is 12.4 Å². The van der Waals surface area contributed by atoms with Gasteiger partial charge in [0, 0.05) is 37.5 Å². The molecule has 30 heavy (non-hydrogen) atoms. The lowest BCUT2D eigenvalue weighted by molar-refractivity contribution is 0.270. The van der Waals surface area contributed by atoms with Crippen LogP contribution in [0.2, 0.25) is 0 Å². The van der Waals surface area contributed by atoms with Crippen LogP contribution in [0.5, 0.6) is 5.75 Å². The van der Waals surface area contributed by atoms with Crippen molar-refractivity contribution in [3.05, 3.63) is 65.4 Å². The second kappa shape index (κ2) is 8.83. The van der Waals surface area contributed by atoms with Crippen LogP contribution in [0.15, 0.2) is 48.5 Å². The van der Waals surface area contributed by atoms with Crippen LogP contribution in [0.25, 0.3) is 10.8 Å². The van der Waals surface area contributed by atoms with Gasteiger partial charge in [0.1, 0.15) is 11.6 Å². The quantitative estimate of drug-likeness (QED) is 0.597. The molecule has 1 aromatic heterocycles. The molecule has 0 spiro atoms. The first-order valence-corrected chi connectivity index (χ1v) is 10.8. The lowest BCUT2D eigenvalue weighted by atomic mass is 9.95. The molecule has 0 N–H and O–H groups in total. The minimum Gasteiger partial charge on any atom is -0.496 e. The molecular weight excluding hydrogens is 394 g/mol. The number of hydrogen-bond donors (Lipinski definition) is 0. The first kappa shape index (κ1) is 21.0. The van der Waals surface area contributed by atoms with Crippen LogP contribution in [-0.2, 0) is 6.42 Å². The van der Waals surface area contributed by atoms with Crippen LogP contribution in [0, 0.1) is 0 Å². The number of nitrogens with zero attached hydrogens (tertiary/aromatic N) is 3. The van der Waals surface area contributed by atoms with Crippen molar-refractivity contribution in [3.63, 3.8) is 0 Å². The SMILES string of the molecule is CCN1CCN(c2nc(C3CCc4c(OC)cccc43)cc3ccccc23)CC1.Cl. The first-order valence-electron chi connectivity index (χ1n) is 10.8. The molecule has 1 aliphatic carbocycles. The molecule has 5 heteroatoms. The predicted octanol–water partition coefficient (Wildman–Crippen LogP) is 4.89. The van der Waals surface area contributed by atoms with Gasteiger partial charge < -0.3 is 14.5 Å². The molecule has 1 atom stereocenters. The molecule has 158 valence electrons. The summed E-state index contributed by atoms with van der Waals surface area (Å²) in [6.45, 7) is 7.69. The third-order valence-electron chi connectivity index (χ3n) is 6.66. The summed E-state index contributed by atoms with van der Waals surface area (Å²) in [7, 11) is 1.77. The van der Waals surface area contributed by atoms with Crippen LogP contribution in [0.4, 0.5) is 5.82 Å². The monoisotopic (exact) mass is 423 g/mol. The average molecular weight is 424 g/mol. The molecule has 4 nitrogen and oxygen atoms in total. The Labute approximate surface area is 185 Å². The predicted molar refractivity (Wildman–Crippen MR) is 126 cm³/mol. The highest BCUT2D eigenvalue weighted by atomic mass is 35.5. The number of hydrogen-bond acceptors (Lipinski definition) is 4. The molecule has 2 aliphatic rings. The fraction of sp³-hybridized carbons (Fsp3) is 0.400. The Kier molecular flexibility index (Phi) is 6.16. The maximum Gasteiger partial charge on any atom is 0.136 e. The van der Waals surface area contributed by atoms with Crippen LogP contribution < -0.4 is 9.64 Å². The van der Waals surface area contributed by atoms with Gasteiger partial charge in [-0.3, -0.25) is 0 Å². The largest absolute Gasteiger partial charge is 0.496 e. The van der Waals surface area contributed by atoms with Crippen molar-refractivity contribution in [2.24, 2.45) is 0 Å². The van der Waals surface area contributed by atoms with Gasteiger partial charge in [-0.05, 0) is 48.0 Å². The second-order valence-corrected chi connectivity index (χ2v) is 8.13. The lowest BCUT2D eigenvalue weighted by Crippen LogP contribution is -2.46. The zero-order valence-corrected chi connectivity index (χ0v) is 18.6. The van der Waals surface area contributed by atoms with Gasteiger partial charge in [0.15, 0.2) is 0 Å². The minimum atomic E-state index is 0. The van der Waals surface area contributed by atoms with Crippen LogP contribution in [0.3, 0.4) is 0 Å². The molecular formula is C25H30ClN3O. The van der Waals surface area contributed by atoms with Crippen molar-refractivity contribution in [1.29, 1.82) is 0 Å². The number of likely N-dealkylation sites (N-methyl/N-ethyl adjacent to an activating group) is 1. The molecule has 0 saturated carbocycles.